The van der Waals surface area contributed by atoms with Gasteiger partial charge in [0.15, 0.2) is 0 Å². The average molecular weight is 367 g/mol. The van der Waals surface area contributed by atoms with Crippen molar-refractivity contribution in [1.82, 2.24) is 10.2 Å². The SMILES string of the molecule is CN1CCN(c2ccc(Cl)cc2NC(=O)CNC(=O)C(C)(C)C)CC1. The zero-order valence-electron chi connectivity index (χ0n) is 15.4. The van der Waals surface area contributed by atoms with E-state index in [9.17, 15) is 9.59 Å². The second-order valence-corrected chi connectivity index (χ2v) is 7.87. The standard InChI is InChI=1S/C18H27ClN4O2/c1-18(2,3)17(25)20-12-16(24)21-14-11-13(19)5-6-15(14)23-9-7-22(4)8-10-23/h5-6,11H,7-10,12H2,1-4H3,(H,20,25)(H,21,24). The largest absolute Gasteiger partial charge is 0.367 e. The number of hydrogen-bond acceptors (Lipinski definition) is 4. The van der Waals surface area contributed by atoms with Gasteiger partial charge in [-0.05, 0) is 25.2 Å². The van der Waals surface area contributed by atoms with Gasteiger partial charge in [-0.25, -0.2) is 0 Å². The molecule has 0 aromatic heterocycles. The van der Waals surface area contributed by atoms with Crippen LogP contribution in [0.3, 0.4) is 0 Å². The Morgan fingerprint density at radius 3 is 2.40 bits per heavy atom. The fourth-order valence-corrected chi connectivity index (χ4v) is 2.72. The summed E-state index contributed by atoms with van der Waals surface area (Å²) >= 11 is 6.10. The van der Waals surface area contributed by atoms with E-state index in [1.54, 1.807) is 6.07 Å². The molecule has 1 aliphatic heterocycles. The van der Waals surface area contributed by atoms with Gasteiger partial charge < -0.3 is 20.4 Å². The third-order valence-electron chi connectivity index (χ3n) is 4.17. The van der Waals surface area contributed by atoms with Crippen molar-refractivity contribution < 1.29 is 9.59 Å². The quantitative estimate of drug-likeness (QED) is 0.857. The van der Waals surface area contributed by atoms with Crippen molar-refractivity contribution in [1.29, 1.82) is 0 Å². The first-order valence-corrected chi connectivity index (χ1v) is 8.86. The summed E-state index contributed by atoms with van der Waals surface area (Å²) < 4.78 is 0. The molecule has 0 atom stereocenters. The Balaban J connectivity index is 2.04. The molecule has 25 heavy (non-hydrogen) atoms. The van der Waals surface area contributed by atoms with E-state index < -0.39 is 5.41 Å². The van der Waals surface area contributed by atoms with Crippen LogP contribution < -0.4 is 15.5 Å². The fraction of sp³-hybridized carbons (Fsp3) is 0.556. The van der Waals surface area contributed by atoms with Crippen LogP contribution in [0.5, 0.6) is 0 Å². The van der Waals surface area contributed by atoms with E-state index in [1.807, 2.05) is 32.9 Å². The second kappa shape index (κ2) is 8.06. The van der Waals surface area contributed by atoms with Gasteiger partial charge in [0, 0.05) is 36.6 Å². The van der Waals surface area contributed by atoms with Crippen LogP contribution in [0.1, 0.15) is 20.8 Å². The molecule has 0 saturated carbocycles. The number of nitrogens with zero attached hydrogens (tertiary/aromatic N) is 2. The number of benzene rings is 1. The van der Waals surface area contributed by atoms with E-state index in [4.69, 9.17) is 11.6 Å². The minimum absolute atomic E-state index is 0.0647. The zero-order valence-corrected chi connectivity index (χ0v) is 16.1. The normalized spacial score (nSPS) is 15.8. The lowest BCUT2D eigenvalue weighted by Crippen LogP contribution is -2.45. The molecule has 1 fully saturated rings. The molecule has 1 aliphatic rings. The molecule has 2 rings (SSSR count). The highest BCUT2D eigenvalue weighted by atomic mass is 35.5. The van der Waals surface area contributed by atoms with Gasteiger partial charge in [-0.15, -0.1) is 0 Å². The lowest BCUT2D eigenvalue weighted by Gasteiger charge is -2.35. The maximum Gasteiger partial charge on any atom is 0.243 e. The number of carbonyl (C=O) groups is 2. The van der Waals surface area contributed by atoms with E-state index in [-0.39, 0.29) is 18.4 Å². The molecule has 2 amide bonds. The maximum atomic E-state index is 12.2. The molecule has 1 aromatic rings. The van der Waals surface area contributed by atoms with E-state index in [2.05, 4.69) is 27.5 Å². The lowest BCUT2D eigenvalue weighted by molar-refractivity contribution is -0.130. The van der Waals surface area contributed by atoms with Crippen molar-refractivity contribution in [2.24, 2.45) is 5.41 Å². The monoisotopic (exact) mass is 366 g/mol. The number of anilines is 2. The number of halogens is 1. The maximum absolute atomic E-state index is 12.2. The van der Waals surface area contributed by atoms with E-state index in [0.717, 1.165) is 31.9 Å². The van der Waals surface area contributed by atoms with Crippen LogP contribution in [0.25, 0.3) is 0 Å². The second-order valence-electron chi connectivity index (χ2n) is 7.43. The van der Waals surface area contributed by atoms with Crippen molar-refractivity contribution >= 4 is 34.8 Å². The first-order valence-electron chi connectivity index (χ1n) is 8.48. The predicted molar refractivity (Wildman–Crippen MR) is 102 cm³/mol. The number of rotatable bonds is 4. The molecule has 0 aliphatic carbocycles. The third kappa shape index (κ3) is 5.61. The molecule has 138 valence electrons. The van der Waals surface area contributed by atoms with Crippen LogP contribution in [-0.2, 0) is 9.59 Å². The van der Waals surface area contributed by atoms with Crippen LogP contribution in [0.15, 0.2) is 18.2 Å². The molecule has 0 bridgehead atoms. The smallest absolute Gasteiger partial charge is 0.243 e. The molecule has 0 radical (unpaired) electrons. The molecular weight excluding hydrogens is 340 g/mol. The Kier molecular flexibility index (Phi) is 6.30. The highest BCUT2D eigenvalue weighted by Crippen LogP contribution is 2.30. The number of piperazine rings is 1. The summed E-state index contributed by atoms with van der Waals surface area (Å²) in [4.78, 5) is 28.6. The minimum Gasteiger partial charge on any atom is -0.367 e. The topological polar surface area (TPSA) is 64.7 Å². The molecule has 1 heterocycles. The summed E-state index contributed by atoms with van der Waals surface area (Å²) in [5.41, 5.74) is 1.10. The molecule has 7 heteroatoms. The Labute approximate surface area is 154 Å². The van der Waals surface area contributed by atoms with Gasteiger partial charge in [-0.1, -0.05) is 32.4 Å². The number of amides is 2. The Hall–Kier alpha value is -1.79. The van der Waals surface area contributed by atoms with Gasteiger partial charge in [0.25, 0.3) is 0 Å². The van der Waals surface area contributed by atoms with Crippen LogP contribution in [-0.4, -0.2) is 56.5 Å². The number of hydrogen-bond donors (Lipinski definition) is 2. The summed E-state index contributed by atoms with van der Waals surface area (Å²) in [5, 5.41) is 6.09. The van der Waals surface area contributed by atoms with E-state index >= 15 is 0 Å². The zero-order chi connectivity index (χ0) is 18.6. The third-order valence-corrected chi connectivity index (χ3v) is 4.40. The molecule has 1 aromatic carbocycles. The minimum atomic E-state index is -0.526. The van der Waals surface area contributed by atoms with Crippen molar-refractivity contribution in [3.05, 3.63) is 23.2 Å². The van der Waals surface area contributed by atoms with Gasteiger partial charge in [0.1, 0.15) is 0 Å². The highest BCUT2D eigenvalue weighted by molar-refractivity contribution is 6.31. The first-order chi connectivity index (χ1) is 11.7. The van der Waals surface area contributed by atoms with Crippen molar-refractivity contribution in [2.75, 3.05) is 50.0 Å². The van der Waals surface area contributed by atoms with Crippen molar-refractivity contribution in [3.63, 3.8) is 0 Å². The van der Waals surface area contributed by atoms with Gasteiger partial charge >= 0.3 is 0 Å². The Morgan fingerprint density at radius 1 is 1.16 bits per heavy atom. The van der Waals surface area contributed by atoms with Gasteiger partial charge in [-0.3, -0.25) is 9.59 Å². The molecule has 0 unspecified atom stereocenters. The van der Waals surface area contributed by atoms with E-state index in [0.29, 0.717) is 10.7 Å². The van der Waals surface area contributed by atoms with Gasteiger partial charge in [0.05, 0.1) is 17.9 Å². The van der Waals surface area contributed by atoms with Gasteiger partial charge in [0.2, 0.25) is 11.8 Å². The van der Waals surface area contributed by atoms with Crippen molar-refractivity contribution in [3.8, 4) is 0 Å². The van der Waals surface area contributed by atoms with Crippen LogP contribution in [0, 0.1) is 5.41 Å². The Morgan fingerprint density at radius 2 is 1.80 bits per heavy atom. The summed E-state index contributed by atoms with van der Waals surface area (Å²) in [6.07, 6.45) is 0. The van der Waals surface area contributed by atoms with Crippen LogP contribution in [0.4, 0.5) is 11.4 Å². The first kappa shape index (κ1) is 19.5. The van der Waals surface area contributed by atoms with Gasteiger partial charge in [-0.2, -0.15) is 0 Å². The molecule has 1 saturated heterocycles. The number of nitrogens with one attached hydrogen (secondary N) is 2. The summed E-state index contributed by atoms with van der Waals surface area (Å²) in [7, 11) is 2.10. The highest BCUT2D eigenvalue weighted by Gasteiger charge is 2.22. The van der Waals surface area contributed by atoms with Crippen molar-refractivity contribution in [2.45, 2.75) is 20.8 Å². The van der Waals surface area contributed by atoms with Crippen LogP contribution in [0.2, 0.25) is 5.02 Å². The summed E-state index contributed by atoms with van der Waals surface area (Å²) in [6, 6.07) is 5.50. The number of carbonyl (C=O) groups excluding carboxylic acids is 2. The molecule has 0 spiro atoms. The van der Waals surface area contributed by atoms with Crippen LogP contribution >= 0.6 is 11.6 Å². The lowest BCUT2D eigenvalue weighted by atomic mass is 9.96. The molecule has 6 nitrogen and oxygen atoms in total. The molecule has 2 N–H and O–H groups in total. The Bertz CT molecular complexity index is 634. The molecular formula is C18H27ClN4O2. The summed E-state index contributed by atoms with van der Waals surface area (Å²) in [5.74, 6) is -0.428. The summed E-state index contributed by atoms with van der Waals surface area (Å²) in [6.45, 7) is 9.08. The average Bonchev–Trinajstić information content (AvgIpc) is 2.53. The fourth-order valence-electron chi connectivity index (χ4n) is 2.55. The number of likely N-dealkylation sites (N-methyl/N-ethyl adjacent to an activating group) is 1. The predicted octanol–water partition coefficient (Wildman–Crippen LogP) is 2.19. The van der Waals surface area contributed by atoms with E-state index in [1.165, 1.54) is 0 Å².